The molecule has 2 rings (SSSR count). The average molecular weight is 311 g/mol. The fourth-order valence-corrected chi connectivity index (χ4v) is 2.77. The van der Waals surface area contributed by atoms with E-state index >= 15 is 0 Å². The van der Waals surface area contributed by atoms with Crippen LogP contribution in [-0.2, 0) is 0 Å². The zero-order chi connectivity index (χ0) is 13.1. The van der Waals surface area contributed by atoms with Gasteiger partial charge in [-0.05, 0) is 61.3 Å². The third kappa shape index (κ3) is 3.33. The van der Waals surface area contributed by atoms with Crippen LogP contribution in [0.4, 0.5) is 0 Å². The highest BCUT2D eigenvalue weighted by atomic mass is 79.9. The number of aryl methyl sites for hydroxylation is 1. The zero-order valence-electron chi connectivity index (χ0n) is 10.8. The van der Waals surface area contributed by atoms with Gasteiger partial charge in [0.25, 0.3) is 5.91 Å². The minimum atomic E-state index is 0.0182. The van der Waals surface area contributed by atoms with Gasteiger partial charge in [0.1, 0.15) is 0 Å². The molecule has 0 radical (unpaired) electrons. The summed E-state index contributed by atoms with van der Waals surface area (Å²) in [5.41, 5.74) is 1.82. The number of halogens is 1. The molecule has 0 aromatic heterocycles. The van der Waals surface area contributed by atoms with Crippen LogP contribution in [0.3, 0.4) is 0 Å². The van der Waals surface area contributed by atoms with Gasteiger partial charge >= 0.3 is 0 Å². The summed E-state index contributed by atoms with van der Waals surface area (Å²) < 4.78 is 0.854. The van der Waals surface area contributed by atoms with Crippen LogP contribution in [0.2, 0.25) is 0 Å². The molecule has 0 saturated carbocycles. The maximum Gasteiger partial charge on any atom is 0.252 e. The Labute approximate surface area is 116 Å². The van der Waals surface area contributed by atoms with E-state index in [4.69, 9.17) is 0 Å². The summed E-state index contributed by atoms with van der Waals surface area (Å²) in [6, 6.07) is 6.60. The molecular weight excluding hydrogens is 292 g/mol. The zero-order valence-corrected chi connectivity index (χ0v) is 12.4. The van der Waals surface area contributed by atoms with E-state index in [1.807, 2.05) is 25.1 Å². The molecule has 98 valence electrons. The highest BCUT2D eigenvalue weighted by Gasteiger charge is 2.21. The van der Waals surface area contributed by atoms with Gasteiger partial charge in [0, 0.05) is 16.6 Å². The first-order valence-corrected chi connectivity index (χ1v) is 7.16. The second kappa shape index (κ2) is 5.85. The largest absolute Gasteiger partial charge is 0.349 e. The fraction of sp³-hybridized carbons (Fsp3) is 0.500. The summed E-state index contributed by atoms with van der Waals surface area (Å²) in [6.07, 6.45) is 1.99. The number of rotatable bonds is 2. The van der Waals surface area contributed by atoms with E-state index in [1.54, 1.807) is 0 Å². The number of piperidine rings is 1. The van der Waals surface area contributed by atoms with Crippen LogP contribution in [0.25, 0.3) is 0 Å². The predicted molar refractivity (Wildman–Crippen MR) is 76.8 cm³/mol. The van der Waals surface area contributed by atoms with Crippen LogP contribution >= 0.6 is 15.9 Å². The molecule has 0 spiro atoms. The first-order chi connectivity index (χ1) is 8.56. The van der Waals surface area contributed by atoms with Crippen LogP contribution in [0.5, 0.6) is 0 Å². The number of nitrogens with one attached hydrogen (secondary N) is 2. The first-order valence-electron chi connectivity index (χ1n) is 6.36. The smallest absolute Gasteiger partial charge is 0.252 e. The molecule has 1 amide bonds. The van der Waals surface area contributed by atoms with Crippen molar-refractivity contribution >= 4 is 21.8 Å². The molecule has 2 unspecified atom stereocenters. The minimum Gasteiger partial charge on any atom is -0.349 e. The summed E-state index contributed by atoms with van der Waals surface area (Å²) in [7, 11) is 0. The Balaban J connectivity index is 2.05. The molecule has 2 N–H and O–H groups in total. The lowest BCUT2D eigenvalue weighted by atomic mass is 10.00. The van der Waals surface area contributed by atoms with Crippen molar-refractivity contribution in [1.29, 1.82) is 0 Å². The monoisotopic (exact) mass is 310 g/mol. The van der Waals surface area contributed by atoms with Crippen molar-refractivity contribution in [3.8, 4) is 0 Å². The first kappa shape index (κ1) is 13.6. The molecule has 1 aromatic rings. The number of hydrogen-bond donors (Lipinski definition) is 2. The van der Waals surface area contributed by atoms with Gasteiger partial charge in [-0.25, -0.2) is 0 Å². The van der Waals surface area contributed by atoms with E-state index < -0.39 is 0 Å². The lowest BCUT2D eigenvalue weighted by Crippen LogP contribution is -2.46. The van der Waals surface area contributed by atoms with Gasteiger partial charge in [-0.3, -0.25) is 4.79 Å². The number of hydrogen-bond acceptors (Lipinski definition) is 2. The summed E-state index contributed by atoms with van der Waals surface area (Å²) in [6.45, 7) is 5.12. The Morgan fingerprint density at radius 2 is 2.28 bits per heavy atom. The number of amides is 1. The second-order valence-corrected chi connectivity index (χ2v) is 5.89. The van der Waals surface area contributed by atoms with Crippen LogP contribution in [0.1, 0.15) is 35.7 Å². The van der Waals surface area contributed by atoms with Crippen LogP contribution in [0.15, 0.2) is 22.7 Å². The van der Waals surface area contributed by atoms with Gasteiger partial charge in [0.2, 0.25) is 0 Å². The van der Waals surface area contributed by atoms with E-state index in [0.29, 0.717) is 6.04 Å². The molecule has 1 aromatic carbocycles. The Hall–Kier alpha value is -0.870. The van der Waals surface area contributed by atoms with Crippen molar-refractivity contribution in [2.24, 2.45) is 0 Å². The highest BCUT2D eigenvalue weighted by molar-refractivity contribution is 9.10. The van der Waals surface area contributed by atoms with Gasteiger partial charge in [-0.2, -0.15) is 0 Å². The summed E-state index contributed by atoms with van der Waals surface area (Å²) in [5, 5.41) is 6.51. The number of benzene rings is 1. The van der Waals surface area contributed by atoms with Crippen molar-refractivity contribution in [1.82, 2.24) is 10.6 Å². The van der Waals surface area contributed by atoms with Crippen LogP contribution in [0, 0.1) is 6.92 Å². The Morgan fingerprint density at radius 3 is 3.00 bits per heavy atom. The van der Waals surface area contributed by atoms with Gasteiger partial charge < -0.3 is 10.6 Å². The molecule has 4 heteroatoms. The molecule has 1 aliphatic rings. The molecule has 3 nitrogen and oxygen atoms in total. The molecule has 1 saturated heterocycles. The standard InChI is InChI=1S/C14H19BrN2O/c1-9-3-4-13(15)12(7-9)14(18)17-11-5-6-16-10(2)8-11/h3-4,7,10-11,16H,5-6,8H2,1-2H3,(H,17,18). The fourth-order valence-electron chi connectivity index (χ4n) is 2.34. The molecule has 1 heterocycles. The minimum absolute atomic E-state index is 0.0182. The Bertz CT molecular complexity index is 447. The maximum atomic E-state index is 12.2. The van der Waals surface area contributed by atoms with Gasteiger partial charge in [0.05, 0.1) is 5.56 Å². The third-order valence-electron chi connectivity index (χ3n) is 3.33. The molecule has 1 aliphatic heterocycles. The van der Waals surface area contributed by atoms with E-state index in [1.165, 1.54) is 0 Å². The van der Waals surface area contributed by atoms with Crippen LogP contribution < -0.4 is 10.6 Å². The molecule has 0 aliphatic carbocycles. The highest BCUT2D eigenvalue weighted by Crippen LogP contribution is 2.19. The quantitative estimate of drug-likeness (QED) is 0.881. The Morgan fingerprint density at radius 1 is 1.50 bits per heavy atom. The number of carbonyl (C=O) groups excluding carboxylic acids is 1. The molecule has 18 heavy (non-hydrogen) atoms. The van der Waals surface area contributed by atoms with Gasteiger partial charge in [-0.1, -0.05) is 11.6 Å². The third-order valence-corrected chi connectivity index (χ3v) is 4.02. The van der Waals surface area contributed by atoms with E-state index in [0.717, 1.165) is 35.0 Å². The normalized spacial score (nSPS) is 23.7. The summed E-state index contributed by atoms with van der Waals surface area (Å²) >= 11 is 3.43. The van der Waals surface area contributed by atoms with Gasteiger partial charge in [-0.15, -0.1) is 0 Å². The van der Waals surface area contributed by atoms with Crippen molar-refractivity contribution in [3.05, 3.63) is 33.8 Å². The maximum absolute atomic E-state index is 12.2. The van der Waals surface area contributed by atoms with Gasteiger partial charge in [0.15, 0.2) is 0 Å². The topological polar surface area (TPSA) is 41.1 Å². The predicted octanol–water partition coefficient (Wildman–Crippen LogP) is 2.63. The van der Waals surface area contributed by atoms with Crippen LogP contribution in [-0.4, -0.2) is 24.5 Å². The average Bonchev–Trinajstić information content (AvgIpc) is 2.32. The lowest BCUT2D eigenvalue weighted by Gasteiger charge is -2.28. The Kier molecular flexibility index (Phi) is 4.40. The number of carbonyl (C=O) groups is 1. The molecular formula is C14H19BrN2O. The van der Waals surface area contributed by atoms with E-state index in [2.05, 4.69) is 33.5 Å². The van der Waals surface area contributed by atoms with E-state index in [9.17, 15) is 4.79 Å². The lowest BCUT2D eigenvalue weighted by molar-refractivity contribution is 0.0925. The van der Waals surface area contributed by atoms with Crippen molar-refractivity contribution in [2.75, 3.05) is 6.54 Å². The second-order valence-electron chi connectivity index (χ2n) is 5.03. The van der Waals surface area contributed by atoms with Crippen molar-refractivity contribution in [2.45, 2.75) is 38.8 Å². The van der Waals surface area contributed by atoms with Crippen molar-refractivity contribution < 1.29 is 4.79 Å². The molecule has 0 bridgehead atoms. The summed E-state index contributed by atoms with van der Waals surface area (Å²) in [4.78, 5) is 12.2. The van der Waals surface area contributed by atoms with E-state index in [-0.39, 0.29) is 11.9 Å². The molecule has 1 fully saturated rings. The SMILES string of the molecule is Cc1ccc(Br)c(C(=O)NC2CCNC(C)C2)c1. The van der Waals surface area contributed by atoms with Crippen molar-refractivity contribution in [3.63, 3.8) is 0 Å². The molecule has 2 atom stereocenters. The summed E-state index contributed by atoms with van der Waals surface area (Å²) in [5.74, 6) is 0.0182.